The Morgan fingerprint density at radius 1 is 0.828 bits per heavy atom. The van der Waals surface area contributed by atoms with E-state index in [1.807, 2.05) is 17.6 Å². The third kappa shape index (κ3) is 3.90. The van der Waals surface area contributed by atoms with Gasteiger partial charge < -0.3 is 4.57 Å². The maximum atomic E-state index is 13.0. The minimum Gasteiger partial charge on any atom is -0.325 e. The van der Waals surface area contributed by atoms with Crippen molar-refractivity contribution in [1.29, 1.82) is 0 Å². The van der Waals surface area contributed by atoms with Crippen LogP contribution in [0.2, 0.25) is 0 Å². The van der Waals surface area contributed by atoms with Crippen LogP contribution >= 0.6 is 0 Å². The fourth-order valence-electron chi connectivity index (χ4n) is 4.04. The molecule has 1 aromatic carbocycles. The van der Waals surface area contributed by atoms with Crippen LogP contribution in [0.15, 0.2) is 54.9 Å². The van der Waals surface area contributed by atoms with Crippen LogP contribution in [0, 0.1) is 6.92 Å². The summed E-state index contributed by atoms with van der Waals surface area (Å²) in [6, 6.07) is 13.2. The van der Waals surface area contributed by atoms with E-state index in [2.05, 4.69) is 34.1 Å². The van der Waals surface area contributed by atoms with Gasteiger partial charge in [0, 0.05) is 36.2 Å². The van der Waals surface area contributed by atoms with E-state index in [0.717, 1.165) is 38.2 Å². The van der Waals surface area contributed by atoms with Crippen molar-refractivity contribution in [3.63, 3.8) is 0 Å². The Bertz CT molecular complexity index is 1040. The molecular weight excluding hydrogens is 362 g/mol. The molecule has 0 radical (unpaired) electrons. The zero-order chi connectivity index (χ0) is 20.2. The van der Waals surface area contributed by atoms with Crippen LogP contribution in [-0.2, 0) is 13.1 Å². The molecule has 148 valence electrons. The lowest BCUT2D eigenvalue weighted by atomic mass is 9.90. The van der Waals surface area contributed by atoms with Gasteiger partial charge in [-0.25, -0.2) is 9.55 Å². The number of pyridine rings is 1. The zero-order valence-corrected chi connectivity index (χ0v) is 16.8. The average molecular weight is 388 g/mol. The predicted molar refractivity (Wildman–Crippen MR) is 110 cm³/mol. The summed E-state index contributed by atoms with van der Waals surface area (Å²) in [6.07, 6.45) is 9.79. The molecule has 0 fully saturated rings. The van der Waals surface area contributed by atoms with Gasteiger partial charge in [-0.15, -0.1) is 0 Å². The van der Waals surface area contributed by atoms with Gasteiger partial charge in [-0.2, -0.15) is 0 Å². The van der Waals surface area contributed by atoms with Crippen molar-refractivity contribution < 1.29 is 14.2 Å². The first kappa shape index (κ1) is 19.2. The molecule has 1 aliphatic carbocycles. The van der Waals surface area contributed by atoms with Crippen LogP contribution in [0.25, 0.3) is 0 Å². The van der Waals surface area contributed by atoms with Gasteiger partial charge in [-0.05, 0) is 19.8 Å². The molecule has 4 rings (SSSR count). The first-order valence-electron chi connectivity index (χ1n) is 10.4. The molecule has 0 saturated heterocycles. The highest BCUT2D eigenvalue weighted by molar-refractivity contribution is 6.27. The van der Waals surface area contributed by atoms with E-state index in [4.69, 9.17) is 0 Å². The summed E-state index contributed by atoms with van der Waals surface area (Å²) in [5.74, 6) is 0.510. The highest BCUT2D eigenvalue weighted by Gasteiger charge is 2.34. The monoisotopic (exact) mass is 388 g/mol. The van der Waals surface area contributed by atoms with Crippen molar-refractivity contribution >= 4 is 11.6 Å². The van der Waals surface area contributed by atoms with Gasteiger partial charge in [-0.1, -0.05) is 43.2 Å². The highest BCUT2D eigenvalue weighted by atomic mass is 16.1. The quantitative estimate of drug-likeness (QED) is 0.340. The molecule has 0 unspecified atom stereocenters. The van der Waals surface area contributed by atoms with Crippen LogP contribution in [0.5, 0.6) is 0 Å². The number of aryl methyl sites for hydroxylation is 2. The Morgan fingerprint density at radius 2 is 1.48 bits per heavy atom. The predicted octanol–water partition coefficient (Wildman–Crippen LogP) is 3.91. The number of rotatable bonds is 8. The Labute approximate surface area is 171 Å². The molecule has 0 spiro atoms. The fraction of sp³-hybridized carbons (Fsp3) is 0.333. The summed E-state index contributed by atoms with van der Waals surface area (Å²) in [5.41, 5.74) is 1.73. The van der Waals surface area contributed by atoms with E-state index in [0.29, 0.717) is 22.5 Å². The van der Waals surface area contributed by atoms with Crippen LogP contribution in [0.1, 0.15) is 70.0 Å². The van der Waals surface area contributed by atoms with Crippen molar-refractivity contribution in [1.82, 2.24) is 9.55 Å². The molecule has 3 aromatic rings. The Kier molecular flexibility index (Phi) is 5.65. The summed E-state index contributed by atoms with van der Waals surface area (Å²) < 4.78 is 4.15. The molecule has 29 heavy (non-hydrogen) atoms. The molecule has 5 nitrogen and oxygen atoms in total. The Morgan fingerprint density at radius 3 is 2.24 bits per heavy atom. The minimum atomic E-state index is -0.143. The lowest BCUT2D eigenvalue weighted by Crippen LogP contribution is -2.32. The number of imidazole rings is 1. The first-order chi connectivity index (χ1) is 14.2. The first-order valence-corrected chi connectivity index (χ1v) is 10.4. The molecule has 0 atom stereocenters. The number of nitrogens with zero attached hydrogens (tertiary/aromatic N) is 3. The fourth-order valence-corrected chi connectivity index (χ4v) is 4.04. The second-order valence-corrected chi connectivity index (χ2v) is 7.59. The molecule has 5 heteroatoms. The largest absolute Gasteiger partial charge is 0.325 e. The van der Waals surface area contributed by atoms with Gasteiger partial charge in [0.15, 0.2) is 12.4 Å². The van der Waals surface area contributed by atoms with Gasteiger partial charge in [0.1, 0.15) is 23.8 Å². The van der Waals surface area contributed by atoms with Crippen molar-refractivity contribution in [3.8, 4) is 0 Å². The maximum Gasteiger partial charge on any atom is 0.214 e. The van der Waals surface area contributed by atoms with Crippen LogP contribution < -0.4 is 4.57 Å². The summed E-state index contributed by atoms with van der Waals surface area (Å²) in [4.78, 5) is 30.2. The van der Waals surface area contributed by atoms with E-state index in [1.54, 1.807) is 24.3 Å². The molecule has 0 bridgehead atoms. The van der Waals surface area contributed by atoms with Crippen LogP contribution in [0.3, 0.4) is 0 Å². The smallest absolute Gasteiger partial charge is 0.214 e. The van der Waals surface area contributed by atoms with E-state index in [-0.39, 0.29) is 11.6 Å². The summed E-state index contributed by atoms with van der Waals surface area (Å²) >= 11 is 0. The van der Waals surface area contributed by atoms with Gasteiger partial charge in [-0.3, -0.25) is 9.59 Å². The molecule has 0 aliphatic heterocycles. The molecule has 0 saturated carbocycles. The van der Waals surface area contributed by atoms with Crippen LogP contribution in [0.4, 0.5) is 0 Å². The number of carbonyl (C=O) groups is 2. The standard InChI is InChI=1S/C24H26N3O2/c1-18-25-21-22(24(29)20-13-7-6-12-19(20)23(21)28)27(18)17-11-4-2-3-8-14-26-15-9-5-10-16-26/h5-7,9-10,12-13,15-16H,2-4,8,11,14,17H2,1H3/q+1. The number of hydrogen-bond acceptors (Lipinski definition) is 3. The van der Waals surface area contributed by atoms with Gasteiger partial charge in [0.25, 0.3) is 0 Å². The number of unbranched alkanes of at least 4 members (excludes halogenated alkanes) is 4. The second-order valence-electron chi connectivity index (χ2n) is 7.59. The SMILES string of the molecule is Cc1nc2c(n1CCCCCCC[n+]1ccccc1)C(=O)c1ccccc1C2=O. The number of carbonyl (C=O) groups excluding carboxylic acids is 2. The molecule has 2 heterocycles. The number of aromatic nitrogens is 3. The minimum absolute atomic E-state index is 0.0873. The normalized spacial score (nSPS) is 12.7. The number of benzene rings is 1. The average Bonchev–Trinajstić information content (AvgIpc) is 3.09. The number of ketones is 2. The molecular formula is C24H26N3O2+. The topological polar surface area (TPSA) is 55.8 Å². The molecule has 2 aromatic heterocycles. The van der Waals surface area contributed by atoms with Gasteiger partial charge in [0.2, 0.25) is 11.6 Å². The third-order valence-electron chi connectivity index (χ3n) is 5.58. The lowest BCUT2D eigenvalue weighted by Gasteiger charge is -2.16. The van der Waals surface area contributed by atoms with E-state index in [9.17, 15) is 9.59 Å². The van der Waals surface area contributed by atoms with Crippen molar-refractivity contribution in [3.05, 3.63) is 83.2 Å². The van der Waals surface area contributed by atoms with E-state index < -0.39 is 0 Å². The Hall–Kier alpha value is -3.08. The van der Waals surface area contributed by atoms with Crippen LogP contribution in [-0.4, -0.2) is 21.1 Å². The molecule has 0 amide bonds. The second kappa shape index (κ2) is 8.52. The third-order valence-corrected chi connectivity index (χ3v) is 5.58. The summed E-state index contributed by atoms with van der Waals surface area (Å²) in [7, 11) is 0. The molecule has 0 N–H and O–H groups in total. The highest BCUT2D eigenvalue weighted by Crippen LogP contribution is 2.28. The number of hydrogen-bond donors (Lipinski definition) is 0. The van der Waals surface area contributed by atoms with Gasteiger partial charge >= 0.3 is 0 Å². The Balaban J connectivity index is 1.33. The van der Waals surface area contributed by atoms with Crippen molar-refractivity contribution in [2.45, 2.75) is 52.1 Å². The lowest BCUT2D eigenvalue weighted by molar-refractivity contribution is -0.697. The van der Waals surface area contributed by atoms with E-state index in [1.165, 1.54) is 12.8 Å². The van der Waals surface area contributed by atoms with Crippen molar-refractivity contribution in [2.75, 3.05) is 0 Å². The van der Waals surface area contributed by atoms with Gasteiger partial charge in [0.05, 0.1) is 0 Å². The maximum absolute atomic E-state index is 13.0. The zero-order valence-electron chi connectivity index (χ0n) is 16.8. The summed E-state index contributed by atoms with van der Waals surface area (Å²) in [5, 5.41) is 0. The summed E-state index contributed by atoms with van der Waals surface area (Å²) in [6.45, 7) is 3.65. The molecule has 1 aliphatic rings. The van der Waals surface area contributed by atoms with E-state index >= 15 is 0 Å². The number of fused-ring (bicyclic) bond motifs is 2. The van der Waals surface area contributed by atoms with Crippen molar-refractivity contribution in [2.24, 2.45) is 0 Å².